The van der Waals surface area contributed by atoms with Gasteiger partial charge in [-0.05, 0) is 57.9 Å². The van der Waals surface area contributed by atoms with E-state index in [2.05, 4.69) is 10.6 Å². The van der Waals surface area contributed by atoms with Crippen LogP contribution in [0.5, 0.6) is 0 Å². The third kappa shape index (κ3) is 3.51. The molecule has 2 spiro atoms. The summed E-state index contributed by atoms with van der Waals surface area (Å²) in [6, 6.07) is 13.3. The highest BCUT2D eigenvalue weighted by Crippen LogP contribution is 2.70. The van der Waals surface area contributed by atoms with Crippen LogP contribution in [0.4, 0.5) is 11.4 Å². The predicted octanol–water partition coefficient (Wildman–Crippen LogP) is 3.10. The molecule has 1 aliphatic carbocycles. The molecule has 2 N–H and O–H groups in total. The van der Waals surface area contributed by atoms with Crippen LogP contribution in [0.1, 0.15) is 45.7 Å². The van der Waals surface area contributed by atoms with Crippen LogP contribution in [0.25, 0.3) is 0 Å². The Balaban J connectivity index is 1.96. The van der Waals surface area contributed by atoms with Gasteiger partial charge in [-0.3, -0.25) is 24.0 Å². The second-order valence-corrected chi connectivity index (χ2v) is 11.1. The standard InChI is InChI=1S/C30H32N2O8/c1-6-38-24(34)21-20(23(33)40-28(3,4)5)22(25(35)39-7-2)30(17-13-9-11-15-19(17)32-27(30)37)29(21)16-12-8-10-14-18(16)31-26(29)36/h8-15,20-22H,6-7H2,1-5H3,(H,31,36)(H,32,37). The molecule has 1 saturated carbocycles. The van der Waals surface area contributed by atoms with E-state index in [1.807, 2.05) is 0 Å². The molecule has 1 fully saturated rings. The molecule has 210 valence electrons. The molecule has 0 radical (unpaired) electrons. The third-order valence-electron chi connectivity index (χ3n) is 7.95. The third-order valence-corrected chi connectivity index (χ3v) is 7.95. The van der Waals surface area contributed by atoms with Crippen LogP contribution in [-0.2, 0) is 49.0 Å². The van der Waals surface area contributed by atoms with Gasteiger partial charge in [-0.1, -0.05) is 36.4 Å². The van der Waals surface area contributed by atoms with E-state index in [0.717, 1.165) is 0 Å². The Morgan fingerprint density at radius 1 is 0.725 bits per heavy atom. The fourth-order valence-electron chi connectivity index (χ4n) is 6.93. The first kappa shape index (κ1) is 27.4. The van der Waals surface area contributed by atoms with E-state index >= 15 is 0 Å². The van der Waals surface area contributed by atoms with Crippen molar-refractivity contribution < 1.29 is 38.2 Å². The summed E-state index contributed by atoms with van der Waals surface area (Å²) < 4.78 is 16.8. The molecule has 10 heteroatoms. The molecule has 10 nitrogen and oxygen atoms in total. The van der Waals surface area contributed by atoms with E-state index in [1.54, 1.807) is 83.1 Å². The molecule has 3 aliphatic rings. The summed E-state index contributed by atoms with van der Waals surface area (Å²) in [6.07, 6.45) is 0. The van der Waals surface area contributed by atoms with E-state index in [-0.39, 0.29) is 13.2 Å². The van der Waals surface area contributed by atoms with E-state index in [1.165, 1.54) is 0 Å². The minimum Gasteiger partial charge on any atom is -0.466 e. The van der Waals surface area contributed by atoms with Crippen LogP contribution in [0.2, 0.25) is 0 Å². The van der Waals surface area contributed by atoms with Crippen LogP contribution in [-0.4, -0.2) is 48.5 Å². The van der Waals surface area contributed by atoms with Crippen molar-refractivity contribution in [2.24, 2.45) is 17.8 Å². The van der Waals surface area contributed by atoms with Gasteiger partial charge >= 0.3 is 17.9 Å². The van der Waals surface area contributed by atoms with Crippen molar-refractivity contribution in [2.75, 3.05) is 23.8 Å². The van der Waals surface area contributed by atoms with Gasteiger partial charge in [-0.25, -0.2) is 0 Å². The second kappa shape index (κ2) is 9.46. The van der Waals surface area contributed by atoms with Crippen molar-refractivity contribution in [2.45, 2.75) is 51.0 Å². The zero-order valence-corrected chi connectivity index (χ0v) is 23.0. The number of fused-ring (bicyclic) bond motifs is 5. The molecule has 0 bridgehead atoms. The molecular weight excluding hydrogens is 516 g/mol. The molecule has 2 heterocycles. The van der Waals surface area contributed by atoms with Crippen molar-refractivity contribution in [3.8, 4) is 0 Å². The molecule has 5 rings (SSSR count). The van der Waals surface area contributed by atoms with Crippen LogP contribution in [0, 0.1) is 17.8 Å². The number of carbonyl (C=O) groups is 5. The van der Waals surface area contributed by atoms with Gasteiger partial charge in [0.2, 0.25) is 11.8 Å². The fourth-order valence-corrected chi connectivity index (χ4v) is 6.93. The number of carbonyl (C=O) groups excluding carboxylic acids is 5. The van der Waals surface area contributed by atoms with E-state index in [9.17, 15) is 24.0 Å². The number of para-hydroxylation sites is 2. The molecule has 4 unspecified atom stereocenters. The predicted molar refractivity (Wildman–Crippen MR) is 143 cm³/mol. The second-order valence-electron chi connectivity index (χ2n) is 11.1. The SMILES string of the molecule is CCOC(=O)C1C(C(=O)OC(C)(C)C)C(C(=O)OCC)C2(C(=O)Nc3ccccc32)C12C(=O)Nc1ccccc12. The van der Waals surface area contributed by atoms with Crippen LogP contribution >= 0.6 is 0 Å². The maximum atomic E-state index is 14.5. The molecule has 40 heavy (non-hydrogen) atoms. The Morgan fingerprint density at radius 2 is 1.12 bits per heavy atom. The van der Waals surface area contributed by atoms with Crippen molar-refractivity contribution in [3.05, 3.63) is 59.7 Å². The lowest BCUT2D eigenvalue weighted by Gasteiger charge is -2.41. The summed E-state index contributed by atoms with van der Waals surface area (Å²) in [4.78, 5) is 71.1. The van der Waals surface area contributed by atoms with Gasteiger partial charge in [0.15, 0.2) is 0 Å². The Morgan fingerprint density at radius 3 is 1.50 bits per heavy atom. The highest BCUT2D eigenvalue weighted by atomic mass is 16.6. The lowest BCUT2D eigenvalue weighted by Crippen LogP contribution is -2.61. The Kier molecular flexibility index (Phi) is 6.47. The Bertz CT molecular complexity index is 1340. The van der Waals surface area contributed by atoms with Gasteiger partial charge in [-0.15, -0.1) is 0 Å². The molecule has 0 saturated heterocycles. The number of rotatable bonds is 5. The van der Waals surface area contributed by atoms with Crippen molar-refractivity contribution in [1.29, 1.82) is 0 Å². The smallest absolute Gasteiger partial charge is 0.311 e. The van der Waals surface area contributed by atoms with E-state index in [0.29, 0.717) is 22.5 Å². The maximum Gasteiger partial charge on any atom is 0.311 e. The quantitative estimate of drug-likeness (QED) is 0.430. The van der Waals surface area contributed by atoms with Gasteiger partial charge in [0.1, 0.15) is 16.4 Å². The minimum absolute atomic E-state index is 0.0599. The van der Waals surface area contributed by atoms with Crippen LogP contribution in [0.3, 0.4) is 0 Å². The number of benzene rings is 2. The average Bonchev–Trinajstić information content (AvgIpc) is 3.46. The molecule has 2 aromatic rings. The first-order valence-electron chi connectivity index (χ1n) is 13.3. The van der Waals surface area contributed by atoms with Crippen molar-refractivity contribution in [3.63, 3.8) is 0 Å². The van der Waals surface area contributed by atoms with Crippen molar-refractivity contribution in [1.82, 2.24) is 0 Å². The number of nitrogens with one attached hydrogen (secondary N) is 2. The Hall–Kier alpha value is -4.21. The number of anilines is 2. The lowest BCUT2D eigenvalue weighted by molar-refractivity contribution is -0.173. The number of amides is 2. The van der Waals surface area contributed by atoms with Crippen molar-refractivity contribution >= 4 is 41.1 Å². The topological polar surface area (TPSA) is 137 Å². The van der Waals surface area contributed by atoms with E-state index < -0.39 is 63.9 Å². The summed E-state index contributed by atoms with van der Waals surface area (Å²) in [7, 11) is 0. The summed E-state index contributed by atoms with van der Waals surface area (Å²) in [5, 5.41) is 5.66. The van der Waals surface area contributed by atoms with Gasteiger partial charge in [0.25, 0.3) is 0 Å². The maximum absolute atomic E-state index is 14.5. The number of ether oxygens (including phenoxy) is 3. The highest BCUT2D eigenvalue weighted by molar-refractivity contribution is 6.22. The first-order chi connectivity index (χ1) is 19.0. The summed E-state index contributed by atoms with van der Waals surface area (Å²) in [6.45, 7) is 8.03. The molecule has 2 aliphatic heterocycles. The highest BCUT2D eigenvalue weighted by Gasteiger charge is 2.84. The monoisotopic (exact) mass is 548 g/mol. The molecule has 0 aromatic heterocycles. The van der Waals surface area contributed by atoms with Gasteiger partial charge in [0.05, 0.1) is 31.0 Å². The van der Waals surface area contributed by atoms with Gasteiger partial charge in [-0.2, -0.15) is 0 Å². The first-order valence-corrected chi connectivity index (χ1v) is 13.3. The van der Waals surface area contributed by atoms with Crippen LogP contribution in [0.15, 0.2) is 48.5 Å². The zero-order valence-electron chi connectivity index (χ0n) is 23.0. The van der Waals surface area contributed by atoms with E-state index in [4.69, 9.17) is 14.2 Å². The zero-order chi connectivity index (χ0) is 29.0. The number of hydrogen-bond acceptors (Lipinski definition) is 8. The lowest BCUT2D eigenvalue weighted by atomic mass is 9.54. The summed E-state index contributed by atoms with van der Waals surface area (Å²) in [5.41, 5.74) is -3.76. The Labute approximate surface area is 231 Å². The fraction of sp³-hybridized carbons (Fsp3) is 0.433. The molecule has 2 aromatic carbocycles. The van der Waals surface area contributed by atoms with Crippen LogP contribution < -0.4 is 10.6 Å². The normalized spacial score (nSPS) is 28.1. The van der Waals surface area contributed by atoms with Gasteiger partial charge in [0, 0.05) is 11.4 Å². The molecule has 4 atom stereocenters. The minimum atomic E-state index is -2.05. The largest absolute Gasteiger partial charge is 0.466 e. The molecule has 2 amide bonds. The number of esters is 3. The van der Waals surface area contributed by atoms with Gasteiger partial charge < -0.3 is 24.8 Å². The summed E-state index contributed by atoms with van der Waals surface area (Å²) >= 11 is 0. The average molecular weight is 549 g/mol. The molecular formula is C30H32N2O8. The summed E-state index contributed by atoms with van der Waals surface area (Å²) in [5.74, 6) is -8.88. The number of hydrogen-bond donors (Lipinski definition) is 2.